The first-order valence-corrected chi connectivity index (χ1v) is 6.25. The molecule has 1 aromatic heterocycles. The predicted molar refractivity (Wildman–Crippen MR) is 67.6 cm³/mol. The Labute approximate surface area is 106 Å². The number of carbonyl (C=O) groups excluding carboxylic acids is 1. The van der Waals surface area contributed by atoms with Crippen LogP contribution in [0.2, 0.25) is 5.15 Å². The smallest absolute Gasteiger partial charge is 0.156 e. The summed E-state index contributed by atoms with van der Waals surface area (Å²) >= 11 is 5.92. The normalized spacial score (nSPS) is 24.8. The van der Waals surface area contributed by atoms with Gasteiger partial charge in [0.25, 0.3) is 0 Å². The summed E-state index contributed by atoms with van der Waals surface area (Å²) < 4.78 is 0. The van der Waals surface area contributed by atoms with Crippen LogP contribution in [0, 0.1) is 5.92 Å². The van der Waals surface area contributed by atoms with E-state index in [1.54, 1.807) is 0 Å². The Morgan fingerprint density at radius 1 is 1.47 bits per heavy atom. The van der Waals surface area contributed by atoms with E-state index in [0.29, 0.717) is 23.3 Å². The van der Waals surface area contributed by atoms with Gasteiger partial charge in [-0.1, -0.05) is 18.5 Å². The second-order valence-electron chi connectivity index (χ2n) is 4.57. The van der Waals surface area contributed by atoms with Crippen molar-refractivity contribution in [2.75, 3.05) is 11.4 Å². The molecule has 0 amide bonds. The zero-order valence-electron chi connectivity index (χ0n) is 10.1. The molecule has 4 nitrogen and oxygen atoms in total. The highest BCUT2D eigenvalue weighted by Gasteiger charge is 2.27. The van der Waals surface area contributed by atoms with Gasteiger partial charge in [-0.25, -0.2) is 9.97 Å². The molecule has 0 radical (unpaired) electrons. The first-order valence-electron chi connectivity index (χ1n) is 5.87. The fraction of sp³-hybridized carbons (Fsp3) is 0.583. The third kappa shape index (κ3) is 2.27. The zero-order valence-corrected chi connectivity index (χ0v) is 10.8. The number of carbonyl (C=O) groups is 1. The van der Waals surface area contributed by atoms with E-state index in [2.05, 4.69) is 28.7 Å². The molecule has 2 heterocycles. The average molecular weight is 254 g/mol. The van der Waals surface area contributed by atoms with Gasteiger partial charge in [-0.05, 0) is 25.7 Å². The van der Waals surface area contributed by atoms with Crippen LogP contribution in [0.4, 0.5) is 5.82 Å². The minimum absolute atomic E-state index is 0.232. The van der Waals surface area contributed by atoms with E-state index < -0.39 is 0 Å². The third-order valence-corrected chi connectivity index (χ3v) is 3.88. The lowest BCUT2D eigenvalue weighted by molar-refractivity contribution is 0.112. The Kier molecular flexibility index (Phi) is 3.62. The maximum atomic E-state index is 11.1. The van der Waals surface area contributed by atoms with E-state index in [4.69, 9.17) is 11.6 Å². The first kappa shape index (κ1) is 12.3. The van der Waals surface area contributed by atoms with E-state index in [1.165, 1.54) is 12.7 Å². The topological polar surface area (TPSA) is 46.1 Å². The van der Waals surface area contributed by atoms with Crippen molar-refractivity contribution in [1.82, 2.24) is 9.97 Å². The van der Waals surface area contributed by atoms with Gasteiger partial charge in [0.05, 0.1) is 5.56 Å². The summed E-state index contributed by atoms with van der Waals surface area (Å²) in [4.78, 5) is 21.3. The van der Waals surface area contributed by atoms with Crippen molar-refractivity contribution in [2.45, 2.75) is 32.7 Å². The summed E-state index contributed by atoms with van der Waals surface area (Å²) in [5, 5.41) is 0.232. The number of aldehydes is 1. The first-order chi connectivity index (χ1) is 8.15. The largest absolute Gasteiger partial charge is 0.353 e. The minimum atomic E-state index is 0.232. The number of anilines is 1. The highest BCUT2D eigenvalue weighted by molar-refractivity contribution is 6.32. The molecule has 1 aromatic rings. The van der Waals surface area contributed by atoms with Gasteiger partial charge in [-0.15, -0.1) is 0 Å². The van der Waals surface area contributed by atoms with Crippen LogP contribution in [0.25, 0.3) is 0 Å². The second kappa shape index (κ2) is 5.00. The third-order valence-electron chi connectivity index (χ3n) is 3.58. The number of halogens is 1. The van der Waals surface area contributed by atoms with Crippen LogP contribution < -0.4 is 4.90 Å². The zero-order chi connectivity index (χ0) is 12.4. The van der Waals surface area contributed by atoms with Crippen molar-refractivity contribution in [2.24, 2.45) is 5.92 Å². The predicted octanol–water partition coefficient (Wildman–Crippen LogP) is 2.57. The van der Waals surface area contributed by atoms with E-state index in [-0.39, 0.29) is 5.15 Å². The van der Waals surface area contributed by atoms with Gasteiger partial charge in [-0.3, -0.25) is 4.79 Å². The van der Waals surface area contributed by atoms with Crippen molar-refractivity contribution >= 4 is 23.7 Å². The molecule has 0 aromatic carbocycles. The maximum absolute atomic E-state index is 11.1. The second-order valence-corrected chi connectivity index (χ2v) is 4.93. The Bertz CT molecular complexity index is 424. The summed E-state index contributed by atoms with van der Waals surface area (Å²) in [5.74, 6) is 1.26. The lowest BCUT2D eigenvalue weighted by atomic mass is 9.92. The molecule has 0 N–H and O–H groups in total. The Balaban J connectivity index is 2.39. The molecular formula is C12H16ClN3O. The molecule has 2 atom stereocenters. The monoisotopic (exact) mass is 253 g/mol. The number of aromatic nitrogens is 2. The van der Waals surface area contributed by atoms with Gasteiger partial charge < -0.3 is 4.90 Å². The fourth-order valence-corrected chi connectivity index (χ4v) is 2.50. The van der Waals surface area contributed by atoms with E-state index in [0.717, 1.165) is 19.3 Å². The molecule has 1 aliphatic heterocycles. The maximum Gasteiger partial charge on any atom is 0.156 e. The molecule has 0 saturated carbocycles. The molecule has 17 heavy (non-hydrogen) atoms. The molecular weight excluding hydrogens is 238 g/mol. The molecule has 2 unspecified atom stereocenters. The molecule has 2 rings (SSSR count). The van der Waals surface area contributed by atoms with Gasteiger partial charge in [-0.2, -0.15) is 0 Å². The van der Waals surface area contributed by atoms with E-state index >= 15 is 0 Å². The van der Waals surface area contributed by atoms with Gasteiger partial charge >= 0.3 is 0 Å². The molecule has 1 saturated heterocycles. The van der Waals surface area contributed by atoms with Gasteiger partial charge in [0.2, 0.25) is 0 Å². The lowest BCUT2D eigenvalue weighted by Gasteiger charge is -2.39. The average Bonchev–Trinajstić information content (AvgIpc) is 2.32. The van der Waals surface area contributed by atoms with Crippen LogP contribution in [0.15, 0.2) is 6.33 Å². The van der Waals surface area contributed by atoms with Crippen LogP contribution >= 0.6 is 11.6 Å². The molecule has 1 fully saturated rings. The summed E-state index contributed by atoms with van der Waals surface area (Å²) in [6.07, 6.45) is 4.48. The number of hydrogen-bond acceptors (Lipinski definition) is 4. The van der Waals surface area contributed by atoms with Gasteiger partial charge in [0.15, 0.2) is 6.29 Å². The van der Waals surface area contributed by atoms with Crippen LogP contribution in [-0.4, -0.2) is 28.8 Å². The van der Waals surface area contributed by atoms with E-state index in [1.807, 2.05) is 0 Å². The van der Waals surface area contributed by atoms with Crippen LogP contribution in [0.1, 0.15) is 37.0 Å². The highest BCUT2D eigenvalue weighted by Crippen LogP contribution is 2.30. The van der Waals surface area contributed by atoms with Gasteiger partial charge in [0, 0.05) is 12.6 Å². The fourth-order valence-electron chi connectivity index (χ4n) is 2.33. The number of rotatable bonds is 2. The van der Waals surface area contributed by atoms with Crippen molar-refractivity contribution in [3.05, 3.63) is 17.0 Å². The Morgan fingerprint density at radius 3 is 2.94 bits per heavy atom. The van der Waals surface area contributed by atoms with Gasteiger partial charge in [0.1, 0.15) is 17.3 Å². The number of hydrogen-bond donors (Lipinski definition) is 0. The summed E-state index contributed by atoms with van der Waals surface area (Å²) in [6, 6.07) is 0.369. The molecule has 0 bridgehead atoms. The van der Waals surface area contributed by atoms with Crippen molar-refractivity contribution in [3.63, 3.8) is 0 Å². The lowest BCUT2D eigenvalue weighted by Crippen LogP contribution is -2.43. The number of piperidine rings is 1. The van der Waals surface area contributed by atoms with Crippen LogP contribution in [0.5, 0.6) is 0 Å². The Hall–Kier alpha value is -1.16. The van der Waals surface area contributed by atoms with Crippen molar-refractivity contribution < 1.29 is 4.79 Å². The molecule has 5 heteroatoms. The summed E-state index contributed by atoms with van der Waals surface area (Å²) in [7, 11) is 0. The van der Waals surface area contributed by atoms with Crippen molar-refractivity contribution in [3.8, 4) is 0 Å². The quantitative estimate of drug-likeness (QED) is 0.600. The molecule has 0 spiro atoms. The minimum Gasteiger partial charge on any atom is -0.353 e. The molecule has 92 valence electrons. The van der Waals surface area contributed by atoms with Crippen LogP contribution in [0.3, 0.4) is 0 Å². The highest BCUT2D eigenvalue weighted by atomic mass is 35.5. The number of nitrogens with zero attached hydrogens (tertiary/aromatic N) is 3. The summed E-state index contributed by atoms with van der Waals surface area (Å²) in [5.41, 5.74) is 0.398. The SMILES string of the molecule is CC1CCCN(c2ncnc(Cl)c2C=O)C1C. The van der Waals surface area contributed by atoms with E-state index in [9.17, 15) is 4.79 Å². The standard InChI is InChI=1S/C12H16ClN3O/c1-8-4-3-5-16(9(8)2)12-10(6-17)11(13)14-7-15-12/h6-9H,3-5H2,1-2H3. The van der Waals surface area contributed by atoms with Crippen LogP contribution in [-0.2, 0) is 0 Å². The molecule has 1 aliphatic rings. The van der Waals surface area contributed by atoms with Crippen molar-refractivity contribution in [1.29, 1.82) is 0 Å². The molecule has 0 aliphatic carbocycles. The Morgan fingerprint density at radius 2 is 2.24 bits per heavy atom. The summed E-state index contributed by atoms with van der Waals surface area (Å²) in [6.45, 7) is 5.30.